The molecule has 1 spiro atoms. The van der Waals surface area contributed by atoms with Crippen LogP contribution in [-0.2, 0) is 14.2 Å². The van der Waals surface area contributed by atoms with Gasteiger partial charge in [0.1, 0.15) is 12.7 Å². The molecule has 0 bridgehead atoms. The van der Waals surface area contributed by atoms with E-state index in [0.717, 1.165) is 0 Å². The summed E-state index contributed by atoms with van der Waals surface area (Å²) < 4.78 is 16.2. The minimum Gasteiger partial charge on any atom is -0.390 e. The Hall–Kier alpha value is -0.890. The predicted octanol–water partition coefficient (Wildman–Crippen LogP) is -0.104. The molecule has 17 heavy (non-hydrogen) atoms. The fourth-order valence-electron chi connectivity index (χ4n) is 2.02. The van der Waals surface area contributed by atoms with Gasteiger partial charge in [0.05, 0.1) is 18.8 Å². The fraction of sp³-hybridized carbons (Fsp3) is 1.00. The van der Waals surface area contributed by atoms with Crippen molar-refractivity contribution in [1.29, 1.82) is 0 Å². The third-order valence-electron chi connectivity index (χ3n) is 2.91. The standard InChI is InChI=1S/C9H15N3O5/c1-8(2)16-4-9(17-8)7(14)6(13)5(3-15-9)11-12-10/h5-7,13-14H,3-4H2,1-2H3/t5-,6-,7+,9+/m1/s1. The zero-order chi connectivity index (χ0) is 12.7. The molecule has 2 aliphatic rings. The van der Waals surface area contributed by atoms with E-state index in [9.17, 15) is 10.2 Å². The van der Waals surface area contributed by atoms with Crippen molar-refractivity contribution >= 4 is 0 Å². The van der Waals surface area contributed by atoms with E-state index in [1.54, 1.807) is 13.8 Å². The monoisotopic (exact) mass is 245 g/mol. The average Bonchev–Trinajstić information content (AvgIpc) is 2.58. The van der Waals surface area contributed by atoms with Crippen LogP contribution in [-0.4, -0.2) is 53.3 Å². The number of aliphatic hydroxyl groups is 2. The predicted molar refractivity (Wildman–Crippen MR) is 54.7 cm³/mol. The van der Waals surface area contributed by atoms with Crippen LogP contribution in [0.3, 0.4) is 0 Å². The van der Waals surface area contributed by atoms with Crippen molar-refractivity contribution in [2.45, 2.75) is 43.7 Å². The Bertz CT molecular complexity index is 357. The Kier molecular flexibility index (Phi) is 3.03. The third-order valence-corrected chi connectivity index (χ3v) is 2.91. The van der Waals surface area contributed by atoms with Crippen molar-refractivity contribution in [3.8, 4) is 0 Å². The number of hydrogen-bond acceptors (Lipinski definition) is 6. The van der Waals surface area contributed by atoms with Crippen LogP contribution in [0.2, 0.25) is 0 Å². The van der Waals surface area contributed by atoms with Crippen molar-refractivity contribution in [2.75, 3.05) is 13.2 Å². The molecule has 0 aromatic carbocycles. The molecular formula is C9H15N3O5. The maximum absolute atomic E-state index is 9.99. The summed E-state index contributed by atoms with van der Waals surface area (Å²) in [6.07, 6.45) is -2.56. The lowest BCUT2D eigenvalue weighted by atomic mass is 9.96. The summed E-state index contributed by atoms with van der Waals surface area (Å²) in [6, 6.07) is -0.826. The van der Waals surface area contributed by atoms with Gasteiger partial charge in [-0.2, -0.15) is 0 Å². The van der Waals surface area contributed by atoms with Gasteiger partial charge in [-0.15, -0.1) is 0 Å². The molecule has 0 saturated carbocycles. The molecule has 0 aromatic heterocycles. The van der Waals surface area contributed by atoms with Gasteiger partial charge in [0.15, 0.2) is 5.79 Å². The van der Waals surface area contributed by atoms with E-state index in [1.165, 1.54) is 0 Å². The van der Waals surface area contributed by atoms with Crippen LogP contribution >= 0.6 is 0 Å². The summed E-state index contributed by atoms with van der Waals surface area (Å²) >= 11 is 0. The van der Waals surface area contributed by atoms with E-state index in [0.29, 0.717) is 0 Å². The largest absolute Gasteiger partial charge is 0.390 e. The van der Waals surface area contributed by atoms with E-state index < -0.39 is 29.8 Å². The summed E-state index contributed by atoms with van der Waals surface area (Å²) in [5.74, 6) is -2.27. The molecule has 8 heteroatoms. The van der Waals surface area contributed by atoms with Crippen LogP contribution in [0.15, 0.2) is 5.11 Å². The van der Waals surface area contributed by atoms with E-state index in [4.69, 9.17) is 19.7 Å². The van der Waals surface area contributed by atoms with Gasteiger partial charge in [-0.1, -0.05) is 5.11 Å². The molecule has 0 amide bonds. The van der Waals surface area contributed by atoms with Gasteiger partial charge >= 0.3 is 0 Å². The van der Waals surface area contributed by atoms with Gasteiger partial charge in [0.25, 0.3) is 0 Å². The number of azide groups is 1. The first-order valence-electron chi connectivity index (χ1n) is 5.29. The van der Waals surface area contributed by atoms with Crippen LogP contribution in [0.1, 0.15) is 13.8 Å². The Morgan fingerprint density at radius 1 is 1.35 bits per heavy atom. The van der Waals surface area contributed by atoms with Crippen LogP contribution in [0, 0.1) is 0 Å². The lowest BCUT2D eigenvalue weighted by molar-refractivity contribution is -0.324. The fourth-order valence-corrected chi connectivity index (χ4v) is 2.02. The second-order valence-electron chi connectivity index (χ2n) is 4.62. The van der Waals surface area contributed by atoms with Gasteiger partial charge in [-0.25, -0.2) is 0 Å². The summed E-state index contributed by atoms with van der Waals surface area (Å²) in [7, 11) is 0. The van der Waals surface area contributed by atoms with E-state index in [2.05, 4.69) is 10.0 Å². The Morgan fingerprint density at radius 2 is 2.06 bits per heavy atom. The quantitative estimate of drug-likeness (QED) is 0.380. The first-order chi connectivity index (χ1) is 7.90. The Labute approximate surface area is 97.7 Å². The number of aliphatic hydroxyl groups excluding tert-OH is 2. The number of rotatable bonds is 1. The highest BCUT2D eigenvalue weighted by Gasteiger charge is 2.57. The highest BCUT2D eigenvalue weighted by atomic mass is 16.8. The summed E-state index contributed by atoms with van der Waals surface area (Å²) in [5.41, 5.74) is 8.32. The minimum absolute atomic E-state index is 0.0151. The lowest BCUT2D eigenvalue weighted by Crippen LogP contribution is -2.62. The van der Waals surface area contributed by atoms with Gasteiger partial charge in [0.2, 0.25) is 5.79 Å². The zero-order valence-corrected chi connectivity index (χ0v) is 9.61. The van der Waals surface area contributed by atoms with Crippen LogP contribution in [0.5, 0.6) is 0 Å². The minimum atomic E-state index is -1.38. The number of nitrogens with zero attached hydrogens (tertiary/aromatic N) is 3. The molecule has 0 unspecified atom stereocenters. The molecule has 2 rings (SSSR count). The summed E-state index contributed by atoms with van der Waals surface area (Å²) in [4.78, 5) is 2.59. The second kappa shape index (κ2) is 4.09. The first-order valence-corrected chi connectivity index (χ1v) is 5.29. The molecule has 2 heterocycles. The molecule has 2 N–H and O–H groups in total. The molecule has 96 valence electrons. The lowest BCUT2D eigenvalue weighted by Gasteiger charge is -2.42. The van der Waals surface area contributed by atoms with Gasteiger partial charge in [-0.3, -0.25) is 0 Å². The number of ether oxygens (including phenoxy) is 3. The molecule has 4 atom stereocenters. The molecule has 8 nitrogen and oxygen atoms in total. The Balaban J connectivity index is 2.16. The second-order valence-corrected chi connectivity index (χ2v) is 4.62. The molecular weight excluding hydrogens is 230 g/mol. The first kappa shape index (κ1) is 12.6. The Morgan fingerprint density at radius 3 is 2.59 bits per heavy atom. The van der Waals surface area contributed by atoms with E-state index >= 15 is 0 Å². The van der Waals surface area contributed by atoms with Crippen LogP contribution < -0.4 is 0 Å². The van der Waals surface area contributed by atoms with Gasteiger partial charge < -0.3 is 24.4 Å². The maximum atomic E-state index is 9.99. The highest BCUT2D eigenvalue weighted by Crippen LogP contribution is 2.38. The average molecular weight is 245 g/mol. The van der Waals surface area contributed by atoms with Crippen LogP contribution in [0.4, 0.5) is 0 Å². The van der Waals surface area contributed by atoms with E-state index in [-0.39, 0.29) is 13.2 Å². The van der Waals surface area contributed by atoms with E-state index in [1.807, 2.05) is 0 Å². The number of hydrogen-bond donors (Lipinski definition) is 2. The summed E-state index contributed by atoms with van der Waals surface area (Å²) in [6.45, 7) is 3.36. The normalized spacial score (nSPS) is 44.6. The van der Waals surface area contributed by atoms with Gasteiger partial charge in [0, 0.05) is 4.91 Å². The van der Waals surface area contributed by atoms with Crippen molar-refractivity contribution in [3.63, 3.8) is 0 Å². The van der Waals surface area contributed by atoms with Crippen molar-refractivity contribution in [1.82, 2.24) is 0 Å². The van der Waals surface area contributed by atoms with Gasteiger partial charge in [-0.05, 0) is 19.4 Å². The molecule has 0 aliphatic carbocycles. The van der Waals surface area contributed by atoms with Crippen LogP contribution in [0.25, 0.3) is 10.4 Å². The topological polar surface area (TPSA) is 117 Å². The SMILES string of the molecule is CC1(C)OC[C@]2(OC[C@@H](N=[N+]=[N-])[C@@H](O)[C@@H]2O)O1. The molecule has 0 radical (unpaired) electrons. The maximum Gasteiger partial charge on any atom is 0.224 e. The third kappa shape index (κ3) is 2.11. The van der Waals surface area contributed by atoms with Crippen molar-refractivity contribution in [3.05, 3.63) is 10.4 Å². The molecule has 0 aromatic rings. The highest BCUT2D eigenvalue weighted by molar-refractivity contribution is 4.98. The smallest absolute Gasteiger partial charge is 0.224 e. The molecule has 2 saturated heterocycles. The van der Waals surface area contributed by atoms with Crippen molar-refractivity contribution < 1.29 is 24.4 Å². The zero-order valence-electron chi connectivity index (χ0n) is 9.61. The molecule has 2 aliphatic heterocycles. The summed E-state index contributed by atoms with van der Waals surface area (Å²) in [5, 5.41) is 23.2. The molecule has 2 fully saturated rings. The van der Waals surface area contributed by atoms with Crippen molar-refractivity contribution in [2.24, 2.45) is 5.11 Å².